The highest BCUT2D eigenvalue weighted by atomic mass is 19.1. The van der Waals surface area contributed by atoms with Crippen LogP contribution in [0, 0.1) is 11.6 Å². The molecule has 3 aliphatic rings. The topological polar surface area (TPSA) is 79.4 Å². The van der Waals surface area contributed by atoms with Gasteiger partial charge in [0, 0.05) is 50.1 Å². The van der Waals surface area contributed by atoms with Gasteiger partial charge in [-0.25, -0.2) is 8.78 Å². The molecule has 0 aliphatic carbocycles. The van der Waals surface area contributed by atoms with Crippen LogP contribution in [0.3, 0.4) is 0 Å². The van der Waals surface area contributed by atoms with Crippen LogP contribution < -0.4 is 0 Å². The molecule has 2 aromatic rings. The lowest BCUT2D eigenvalue weighted by atomic mass is 9.96. The van der Waals surface area contributed by atoms with Crippen LogP contribution in [0.4, 0.5) is 8.78 Å². The first kappa shape index (κ1) is 24.3. The van der Waals surface area contributed by atoms with E-state index in [0.717, 1.165) is 6.07 Å². The number of benzene rings is 2. The second-order valence-electron chi connectivity index (χ2n) is 9.20. The number of amides is 3. The van der Waals surface area contributed by atoms with Crippen molar-refractivity contribution in [2.75, 3.05) is 46.0 Å². The van der Waals surface area contributed by atoms with Crippen LogP contribution in [0.1, 0.15) is 33.6 Å². The number of morpholine rings is 1. The number of piperidine rings is 1. The molecule has 3 saturated heterocycles. The molecule has 3 amide bonds. The van der Waals surface area contributed by atoms with Gasteiger partial charge in [-0.3, -0.25) is 19.3 Å². The van der Waals surface area contributed by atoms with Crippen molar-refractivity contribution in [3.05, 3.63) is 71.3 Å². The Kier molecular flexibility index (Phi) is 6.72. The monoisotopic (exact) mass is 499 g/mol. The minimum atomic E-state index is -1.10. The van der Waals surface area contributed by atoms with E-state index < -0.39 is 29.3 Å². The van der Waals surface area contributed by atoms with Crippen molar-refractivity contribution in [2.45, 2.75) is 24.6 Å². The third kappa shape index (κ3) is 4.58. The second-order valence-corrected chi connectivity index (χ2v) is 9.20. The zero-order chi connectivity index (χ0) is 25.3. The number of hydrogen-bond acceptors (Lipinski definition) is 5. The quantitative estimate of drug-likeness (QED) is 0.648. The summed E-state index contributed by atoms with van der Waals surface area (Å²) in [5.41, 5.74) is -0.604. The molecule has 1 atom stereocenters. The molecule has 3 heterocycles. The highest BCUT2D eigenvalue weighted by Crippen LogP contribution is 2.39. The number of carbonyl (C=O) groups is 3. The van der Waals surface area contributed by atoms with Gasteiger partial charge < -0.3 is 19.3 Å². The van der Waals surface area contributed by atoms with Crippen molar-refractivity contribution in [3.8, 4) is 0 Å². The Labute approximate surface area is 207 Å². The summed E-state index contributed by atoms with van der Waals surface area (Å²) in [6, 6.07) is 9.85. The molecule has 10 heteroatoms. The van der Waals surface area contributed by atoms with Gasteiger partial charge in [0.15, 0.2) is 0 Å². The number of ether oxygens (including phenoxy) is 2. The van der Waals surface area contributed by atoms with Crippen LogP contribution in [-0.2, 0) is 14.3 Å². The highest BCUT2D eigenvalue weighted by Gasteiger charge is 2.55. The van der Waals surface area contributed by atoms with Gasteiger partial charge in [0.1, 0.15) is 23.4 Å². The van der Waals surface area contributed by atoms with E-state index in [1.807, 2.05) is 0 Å². The predicted molar refractivity (Wildman–Crippen MR) is 124 cm³/mol. The SMILES string of the molecule is O=C(c1ccc(F)cc1)N1CCC2(CC1)OC[C@@H](C(=O)N1CCOCC1)N2C(=O)c1cccc(F)c1. The molecule has 0 bridgehead atoms. The lowest BCUT2D eigenvalue weighted by Gasteiger charge is -2.45. The molecule has 8 nitrogen and oxygen atoms in total. The van der Waals surface area contributed by atoms with Gasteiger partial charge >= 0.3 is 0 Å². The summed E-state index contributed by atoms with van der Waals surface area (Å²) >= 11 is 0. The maximum atomic E-state index is 14.0. The fourth-order valence-electron chi connectivity index (χ4n) is 5.15. The Morgan fingerprint density at radius 1 is 0.806 bits per heavy atom. The van der Waals surface area contributed by atoms with E-state index in [2.05, 4.69) is 0 Å². The van der Waals surface area contributed by atoms with E-state index in [-0.39, 0.29) is 49.9 Å². The average molecular weight is 500 g/mol. The zero-order valence-corrected chi connectivity index (χ0v) is 19.7. The number of likely N-dealkylation sites (tertiary alicyclic amines) is 1. The van der Waals surface area contributed by atoms with Gasteiger partial charge in [0.25, 0.3) is 11.8 Å². The third-order valence-corrected chi connectivity index (χ3v) is 7.08. The summed E-state index contributed by atoms with van der Waals surface area (Å²) in [5.74, 6) is -1.94. The normalized spacial score (nSPS) is 21.6. The van der Waals surface area contributed by atoms with E-state index in [4.69, 9.17) is 9.47 Å². The summed E-state index contributed by atoms with van der Waals surface area (Å²) in [6.45, 7) is 2.26. The summed E-state index contributed by atoms with van der Waals surface area (Å²) < 4.78 is 38.8. The Morgan fingerprint density at radius 2 is 1.50 bits per heavy atom. The Hall–Kier alpha value is -3.37. The number of halogens is 2. The van der Waals surface area contributed by atoms with Crippen molar-refractivity contribution in [1.82, 2.24) is 14.7 Å². The van der Waals surface area contributed by atoms with E-state index in [9.17, 15) is 23.2 Å². The van der Waals surface area contributed by atoms with Crippen LogP contribution >= 0.6 is 0 Å². The lowest BCUT2D eigenvalue weighted by molar-refractivity contribution is -0.141. The molecule has 3 fully saturated rings. The fourth-order valence-corrected chi connectivity index (χ4v) is 5.15. The Balaban J connectivity index is 1.39. The number of hydrogen-bond donors (Lipinski definition) is 0. The van der Waals surface area contributed by atoms with E-state index in [0.29, 0.717) is 31.9 Å². The first-order valence-corrected chi connectivity index (χ1v) is 12.0. The Bertz CT molecular complexity index is 1140. The summed E-state index contributed by atoms with van der Waals surface area (Å²) in [7, 11) is 0. The molecule has 2 aromatic carbocycles. The summed E-state index contributed by atoms with van der Waals surface area (Å²) in [6.07, 6.45) is 0.571. The molecule has 5 rings (SSSR count). The van der Waals surface area contributed by atoms with Gasteiger partial charge in [-0.05, 0) is 42.5 Å². The smallest absolute Gasteiger partial charge is 0.256 e. The van der Waals surface area contributed by atoms with Crippen molar-refractivity contribution in [1.29, 1.82) is 0 Å². The Morgan fingerprint density at radius 3 is 2.17 bits per heavy atom. The molecule has 3 aliphatic heterocycles. The zero-order valence-electron chi connectivity index (χ0n) is 19.7. The van der Waals surface area contributed by atoms with E-state index >= 15 is 0 Å². The largest absolute Gasteiger partial charge is 0.378 e. The van der Waals surface area contributed by atoms with Gasteiger partial charge in [0.05, 0.1) is 19.8 Å². The molecular formula is C26H27F2N3O5. The summed E-state index contributed by atoms with van der Waals surface area (Å²) in [4.78, 5) is 44.8. The first-order chi connectivity index (χ1) is 17.4. The fraction of sp³-hybridized carbons (Fsp3) is 0.423. The maximum Gasteiger partial charge on any atom is 0.256 e. The minimum Gasteiger partial charge on any atom is -0.378 e. The number of carbonyl (C=O) groups excluding carboxylic acids is 3. The van der Waals surface area contributed by atoms with Crippen LogP contribution in [-0.4, -0.2) is 90.2 Å². The van der Waals surface area contributed by atoms with Gasteiger partial charge in [0.2, 0.25) is 5.91 Å². The molecule has 0 aromatic heterocycles. The highest BCUT2D eigenvalue weighted by molar-refractivity contribution is 5.98. The molecule has 0 saturated carbocycles. The van der Waals surface area contributed by atoms with Crippen molar-refractivity contribution >= 4 is 17.7 Å². The second kappa shape index (κ2) is 9.94. The van der Waals surface area contributed by atoms with Gasteiger partial charge in [-0.1, -0.05) is 6.07 Å². The third-order valence-electron chi connectivity index (χ3n) is 7.08. The minimum absolute atomic E-state index is 0.0170. The average Bonchev–Trinajstić information content (AvgIpc) is 3.27. The van der Waals surface area contributed by atoms with Gasteiger partial charge in [-0.15, -0.1) is 0 Å². The van der Waals surface area contributed by atoms with Crippen molar-refractivity contribution < 1.29 is 32.6 Å². The standard InChI is InChI=1S/C26H27F2N3O5/c27-20-6-4-18(5-7-20)23(32)29-10-8-26(9-11-29)31(24(33)19-2-1-3-21(28)16-19)22(17-36-26)25(34)30-12-14-35-15-13-30/h1-7,16,22H,8-15,17H2/t22-/m0/s1. The maximum absolute atomic E-state index is 14.0. The molecule has 0 unspecified atom stereocenters. The summed E-state index contributed by atoms with van der Waals surface area (Å²) in [5, 5.41) is 0. The number of rotatable bonds is 3. The molecule has 190 valence electrons. The predicted octanol–water partition coefficient (Wildman–Crippen LogP) is 2.30. The molecule has 0 radical (unpaired) electrons. The van der Waals surface area contributed by atoms with Crippen LogP contribution in [0.2, 0.25) is 0 Å². The van der Waals surface area contributed by atoms with Crippen LogP contribution in [0.5, 0.6) is 0 Å². The van der Waals surface area contributed by atoms with Crippen LogP contribution in [0.25, 0.3) is 0 Å². The number of nitrogens with zero attached hydrogens (tertiary/aromatic N) is 3. The molecule has 36 heavy (non-hydrogen) atoms. The van der Waals surface area contributed by atoms with Crippen molar-refractivity contribution in [2.24, 2.45) is 0 Å². The molecule has 0 N–H and O–H groups in total. The van der Waals surface area contributed by atoms with Gasteiger partial charge in [-0.2, -0.15) is 0 Å². The first-order valence-electron chi connectivity index (χ1n) is 12.0. The van der Waals surface area contributed by atoms with Crippen molar-refractivity contribution in [3.63, 3.8) is 0 Å². The van der Waals surface area contributed by atoms with E-state index in [1.165, 1.54) is 47.4 Å². The lowest BCUT2D eigenvalue weighted by Crippen LogP contribution is -2.60. The van der Waals surface area contributed by atoms with E-state index in [1.54, 1.807) is 9.80 Å². The molecule has 1 spiro atoms. The van der Waals surface area contributed by atoms with Crippen LogP contribution in [0.15, 0.2) is 48.5 Å². The molecular weight excluding hydrogens is 472 g/mol.